The van der Waals surface area contributed by atoms with E-state index in [1.807, 2.05) is 67.8 Å². The van der Waals surface area contributed by atoms with Gasteiger partial charge in [-0.15, -0.1) is 0 Å². The van der Waals surface area contributed by atoms with E-state index in [-0.39, 0.29) is 249 Å². The molecule has 32 nitrogen and oxygen atoms in total. The first-order chi connectivity index (χ1) is 60.9. The highest BCUT2D eigenvalue weighted by atomic mass is 127. The zero-order valence-electron chi connectivity index (χ0n) is 69.7. The van der Waals surface area contributed by atoms with Crippen molar-refractivity contribution in [1.82, 2.24) is 21.3 Å². The SMILES string of the molecule is [B]SCOc1cc(C(=O)O)cc(OCI)c1CCCNC(=O)c1cc(C(=O)NCCCc2c(OCI)cc(C(=O)O)cc2OCS[B])c2c(c1)N(CCCS(=O)(=O)O)/C(=C/C=C/C1=[N+](CCCS(=O)(=O)O)c3cc(C(=O)NCCCc4c(OCI)cc(C(=O)O)cc4OCS[B])cc(C(=O)NCCCc4c(OCS[B])cc(C(=O)O)cc4OCS[B])c3C1(C)C)C2(C)C. The van der Waals surface area contributed by atoms with Gasteiger partial charge in [0.15, 0.2) is 41.3 Å². The number of carboxylic acid groups (broad SMARTS) is 4. The quantitative estimate of drug-likeness (QED) is 0.00322. The first-order valence-corrected chi connectivity index (χ1v) is 52.1. The Labute approximate surface area is 809 Å². The second-order valence-electron chi connectivity index (χ2n) is 29.3. The van der Waals surface area contributed by atoms with Crippen molar-refractivity contribution in [3.63, 3.8) is 0 Å². The molecule has 0 aliphatic carbocycles. The highest BCUT2D eigenvalue weighted by Gasteiger charge is 2.49. The summed E-state index contributed by atoms with van der Waals surface area (Å²) in [7, 11) is 19.3. The van der Waals surface area contributed by atoms with E-state index in [0.717, 1.165) is 58.1 Å². The fourth-order valence-corrected chi connectivity index (χ4v) is 17.8. The normalized spacial score (nSPS) is 13.5. The monoisotopic (exact) mass is 2220 g/mol. The Morgan fingerprint density at radius 2 is 0.734 bits per heavy atom. The molecule has 2 heterocycles. The molecule has 0 saturated carbocycles. The number of carbonyl (C=O) groups is 8. The predicted molar refractivity (Wildman–Crippen MR) is 524 cm³/mol. The first-order valence-electron chi connectivity index (χ1n) is 39.0. The fourth-order valence-electron chi connectivity index (χ4n) is 14.8. The number of halogens is 3. The third-order valence-corrected chi connectivity index (χ3v) is 24.1. The minimum Gasteiger partial charge on any atom is -0.484 e. The Kier molecular flexibility index (Phi) is 41.7. The van der Waals surface area contributed by atoms with E-state index in [4.69, 9.17) is 73.5 Å². The van der Waals surface area contributed by atoms with Crippen LogP contribution in [0.4, 0.5) is 11.4 Å². The highest BCUT2D eigenvalue weighted by Crippen LogP contribution is 2.51. The van der Waals surface area contributed by atoms with Gasteiger partial charge in [-0.25, -0.2) is 19.2 Å². The summed E-state index contributed by atoms with van der Waals surface area (Å²) in [5, 5.41) is 51.8. The van der Waals surface area contributed by atoms with Crippen LogP contribution >= 0.6 is 126 Å². The van der Waals surface area contributed by atoms with Gasteiger partial charge in [0, 0.05) is 113 Å². The average Bonchev–Trinajstić information content (AvgIpc) is 1.57. The standard InChI is InChI=1S/C81H88B5I3N6O26S7/c1-80(2)68(94(22-10-24-127(108,109)110)58-28-46(72(96)90-18-6-12-52-60(114-38-87)30-48(76(100)101)33-63(52)117-41-122-82)26-56(70(58)80)74(98)92-20-8-14-54-62(116-40-89)32-50(78(104)105)35-65(54)119-43-124-84)16-5-17-69-81(3,4)71-57(75(99)93-21-9-15-55-66(120-44-125-85)36-51(79(106)107)37-67(55)121-45-126-86)27-47(29-59(71)95(69)23-11-25-128(111,112)113)73(97)91-19-7-13-53-61(115-39-88)31-49(77(102)103)34-64(53)118-42-123-83/h5,16-17,26-37H,6-15,18-25,38-45H2,1-4H3,(H9-,90,91,92,93,96,97,98,99,100,101,102,103,104,105,106,107,108,109,110,111,112,113)/p+1. The topological polar surface area (TPSA) is 454 Å². The van der Waals surface area contributed by atoms with Gasteiger partial charge in [-0.3, -0.25) is 28.3 Å². The zero-order chi connectivity index (χ0) is 93.8. The number of rotatable bonds is 55. The number of aromatic carboxylic acids is 4. The van der Waals surface area contributed by atoms with Crippen molar-refractivity contribution in [3.8, 4) is 46.0 Å². The Morgan fingerprint density at radius 3 is 1.05 bits per heavy atom. The molecule has 0 fully saturated rings. The van der Waals surface area contributed by atoms with E-state index in [2.05, 4.69) is 21.3 Å². The van der Waals surface area contributed by atoms with Crippen LogP contribution in [0.5, 0.6) is 46.0 Å². The molecule has 676 valence electrons. The molecule has 0 atom stereocenters. The maximum atomic E-state index is 15.4. The molecule has 6 aromatic carbocycles. The van der Waals surface area contributed by atoms with Crippen LogP contribution < -0.4 is 64.1 Å². The number of benzene rings is 6. The van der Waals surface area contributed by atoms with Gasteiger partial charge in [0.2, 0.25) is 5.69 Å². The maximum Gasteiger partial charge on any atom is 0.335 e. The number of ether oxygens (including phenoxy) is 8. The summed E-state index contributed by atoms with van der Waals surface area (Å²) in [5.74, 6) is -7.87. The lowest BCUT2D eigenvalue weighted by molar-refractivity contribution is -0.437. The molecule has 128 heavy (non-hydrogen) atoms. The van der Waals surface area contributed by atoms with Gasteiger partial charge in [-0.2, -0.15) is 79.5 Å². The largest absolute Gasteiger partial charge is 0.484 e. The molecule has 10 N–H and O–H groups in total. The number of anilines is 1. The molecule has 2 aliphatic rings. The summed E-state index contributed by atoms with van der Waals surface area (Å²) >= 11 is 10.2. The molecule has 8 rings (SSSR count). The predicted octanol–water partition coefficient (Wildman–Crippen LogP) is 12.2. The number of hydrogen-bond donors (Lipinski definition) is 10. The van der Waals surface area contributed by atoms with Gasteiger partial charge in [0.05, 0.1) is 50.3 Å². The molecule has 6 aromatic rings. The van der Waals surface area contributed by atoms with Crippen LogP contribution in [0, 0.1) is 0 Å². The summed E-state index contributed by atoms with van der Waals surface area (Å²) in [5.41, 5.74) is 0.899. The third kappa shape index (κ3) is 29.0. The maximum absolute atomic E-state index is 15.4. The number of allylic oxidation sites excluding steroid dienone is 4. The van der Waals surface area contributed by atoms with Crippen molar-refractivity contribution in [2.75, 3.05) is 99.2 Å². The lowest BCUT2D eigenvalue weighted by Gasteiger charge is -2.27. The number of carbonyl (C=O) groups excluding carboxylic acids is 4. The van der Waals surface area contributed by atoms with Gasteiger partial charge < -0.3 is 84.5 Å². The Balaban J connectivity index is 1.25. The molecular weight excluding hydrogens is 2130 g/mol. The van der Waals surface area contributed by atoms with E-state index in [0.29, 0.717) is 44.8 Å². The zero-order valence-corrected chi connectivity index (χ0v) is 81.9. The number of fused-ring (bicyclic) bond motifs is 2. The van der Waals surface area contributed by atoms with Gasteiger partial charge in [0.1, 0.15) is 96.1 Å². The summed E-state index contributed by atoms with van der Waals surface area (Å²) < 4.78 is 120. The van der Waals surface area contributed by atoms with Crippen LogP contribution in [-0.2, 0) is 56.7 Å². The summed E-state index contributed by atoms with van der Waals surface area (Å²) in [6.07, 6.45) is 6.15. The second-order valence-corrected chi connectivity index (χ2v) is 37.2. The Morgan fingerprint density at radius 1 is 0.422 bits per heavy atom. The number of hydrogen-bond acceptors (Lipinski definition) is 26. The van der Waals surface area contributed by atoms with Crippen LogP contribution in [-0.4, -0.2) is 234 Å². The van der Waals surface area contributed by atoms with Crippen LogP contribution in [0.1, 0.15) is 182 Å². The molecule has 4 amide bonds. The van der Waals surface area contributed by atoms with Crippen molar-refractivity contribution >= 4 is 246 Å². The minimum absolute atomic E-state index is 0.00221. The van der Waals surface area contributed by atoms with Crippen molar-refractivity contribution in [3.05, 3.63) is 175 Å². The highest BCUT2D eigenvalue weighted by molar-refractivity contribution is 14.1. The van der Waals surface area contributed by atoms with Gasteiger partial charge in [-0.05, 0) is 212 Å². The van der Waals surface area contributed by atoms with Crippen molar-refractivity contribution in [2.24, 2.45) is 0 Å². The van der Waals surface area contributed by atoms with Crippen LogP contribution in [0.3, 0.4) is 0 Å². The molecule has 47 heteroatoms. The summed E-state index contributed by atoms with van der Waals surface area (Å²) in [6, 6.07) is 16.7. The van der Waals surface area contributed by atoms with Crippen LogP contribution in [0.2, 0.25) is 0 Å². The summed E-state index contributed by atoms with van der Waals surface area (Å²) in [6.45, 7) is 6.78. The van der Waals surface area contributed by atoms with Crippen LogP contribution in [0.25, 0.3) is 0 Å². The number of nitrogens with zero attached hydrogens (tertiary/aromatic N) is 2. The second kappa shape index (κ2) is 50.4. The first kappa shape index (κ1) is 106. The molecule has 0 unspecified atom stereocenters. The summed E-state index contributed by atoms with van der Waals surface area (Å²) in [4.78, 5) is 111. The fraction of sp³-hybridized carbons (Fsp3) is 0.395. The van der Waals surface area contributed by atoms with Gasteiger partial charge in [-0.1, -0.05) is 19.9 Å². The molecule has 0 saturated heterocycles. The molecule has 0 bridgehead atoms. The number of alkyl halides is 3. The van der Waals surface area contributed by atoms with E-state index in [9.17, 15) is 75.1 Å². The number of carboxylic acids is 4. The lowest BCUT2D eigenvalue weighted by atomic mass is 9.78. The molecular formula is C81H89B5I3N6O26S7+. The lowest BCUT2D eigenvalue weighted by Crippen LogP contribution is -2.32. The van der Waals surface area contributed by atoms with Crippen LogP contribution in [0.15, 0.2) is 96.7 Å². The van der Waals surface area contributed by atoms with Crippen molar-refractivity contribution < 1.29 is 127 Å². The molecule has 0 spiro atoms. The van der Waals surface area contributed by atoms with Crippen molar-refractivity contribution in [1.29, 1.82) is 0 Å². The molecule has 10 radical (unpaired) electrons. The van der Waals surface area contributed by atoms with Gasteiger partial charge in [0.25, 0.3) is 43.9 Å². The Bertz CT molecular complexity index is 5400. The average molecular weight is 2220 g/mol. The molecule has 2 aliphatic heterocycles. The molecule has 0 aromatic heterocycles. The third-order valence-electron chi connectivity index (χ3n) is 20.3. The number of nitrogens with one attached hydrogen (secondary N) is 4. The Hall–Kier alpha value is -7.49. The smallest absolute Gasteiger partial charge is 0.335 e. The van der Waals surface area contributed by atoms with E-state index in [1.165, 1.54) is 60.7 Å². The number of amides is 4. The van der Waals surface area contributed by atoms with E-state index in [1.54, 1.807) is 67.5 Å². The van der Waals surface area contributed by atoms with Gasteiger partial charge >= 0.3 is 23.9 Å². The van der Waals surface area contributed by atoms with E-state index >= 15 is 9.59 Å². The minimum atomic E-state index is -4.62. The van der Waals surface area contributed by atoms with E-state index < -0.39 is 90.1 Å². The van der Waals surface area contributed by atoms with Crippen molar-refractivity contribution in [2.45, 2.75) is 103 Å².